The molecule has 1 aliphatic carbocycles. The van der Waals surface area contributed by atoms with Crippen molar-refractivity contribution in [2.24, 2.45) is 5.92 Å². The lowest BCUT2D eigenvalue weighted by Gasteiger charge is -2.43. The molecule has 3 heterocycles. The zero-order valence-electron chi connectivity index (χ0n) is 25.7. The molecule has 1 saturated carbocycles. The molecule has 0 radical (unpaired) electrons. The summed E-state index contributed by atoms with van der Waals surface area (Å²) in [5, 5.41) is 17.4. The molecule has 242 valence electrons. The number of rotatable bonds is 8. The van der Waals surface area contributed by atoms with Crippen LogP contribution in [0.2, 0.25) is 0 Å². The molecule has 1 saturated heterocycles. The van der Waals surface area contributed by atoms with E-state index >= 15 is 0 Å². The number of piperazine rings is 1. The predicted octanol–water partition coefficient (Wildman–Crippen LogP) is 4.96. The van der Waals surface area contributed by atoms with E-state index in [2.05, 4.69) is 20.3 Å². The first-order valence-electron chi connectivity index (χ1n) is 15.2. The number of hydrogen-bond donors (Lipinski definition) is 2. The Labute approximate surface area is 263 Å². The maximum Gasteiger partial charge on any atom is 0.433 e. The molecule has 46 heavy (non-hydrogen) atoms. The second-order valence-corrected chi connectivity index (χ2v) is 11.8. The number of halogens is 3. The number of alkyl halides is 3. The van der Waals surface area contributed by atoms with Gasteiger partial charge in [-0.25, -0.2) is 9.50 Å². The number of carbonyl (C=O) groups excluding carboxylic acids is 2. The van der Waals surface area contributed by atoms with Crippen molar-refractivity contribution in [1.29, 1.82) is 0 Å². The van der Waals surface area contributed by atoms with E-state index in [4.69, 9.17) is 4.74 Å². The molecule has 13 heteroatoms. The van der Waals surface area contributed by atoms with Crippen molar-refractivity contribution in [1.82, 2.24) is 24.4 Å². The van der Waals surface area contributed by atoms with Crippen molar-refractivity contribution in [2.75, 3.05) is 38.7 Å². The molecule has 6 rings (SSSR count). The largest absolute Gasteiger partial charge is 0.497 e. The number of aliphatic hydroxyl groups is 1. The van der Waals surface area contributed by atoms with Gasteiger partial charge in [0.2, 0.25) is 5.91 Å². The molecule has 2 aromatic carbocycles. The number of fused-ring (bicyclic) bond motifs is 1. The highest BCUT2D eigenvalue weighted by Gasteiger charge is 2.40. The Morgan fingerprint density at radius 2 is 1.83 bits per heavy atom. The molecule has 10 nitrogen and oxygen atoms in total. The number of para-hydroxylation sites is 1. The van der Waals surface area contributed by atoms with Crippen molar-refractivity contribution < 1.29 is 32.6 Å². The van der Waals surface area contributed by atoms with Gasteiger partial charge in [0.15, 0.2) is 11.3 Å². The van der Waals surface area contributed by atoms with Crippen LogP contribution < -0.4 is 10.1 Å². The number of ether oxygens (including phenoxy) is 1. The van der Waals surface area contributed by atoms with Gasteiger partial charge in [-0.15, -0.1) is 0 Å². The van der Waals surface area contributed by atoms with Crippen LogP contribution in [0.25, 0.3) is 16.9 Å². The Morgan fingerprint density at radius 3 is 2.46 bits per heavy atom. The quantitative estimate of drug-likeness (QED) is 0.281. The van der Waals surface area contributed by atoms with E-state index in [0.29, 0.717) is 34.6 Å². The highest BCUT2D eigenvalue weighted by atomic mass is 19.4. The van der Waals surface area contributed by atoms with E-state index in [9.17, 15) is 27.9 Å². The first-order valence-corrected chi connectivity index (χ1v) is 15.2. The van der Waals surface area contributed by atoms with Crippen LogP contribution in [0, 0.1) is 12.8 Å². The fraction of sp³-hybridized carbons (Fsp3) is 0.394. The summed E-state index contributed by atoms with van der Waals surface area (Å²) >= 11 is 0. The number of aromatic nitrogens is 3. The lowest BCUT2D eigenvalue weighted by Crippen LogP contribution is -2.55. The number of methoxy groups -OCH3 is 1. The van der Waals surface area contributed by atoms with Gasteiger partial charge in [0.05, 0.1) is 31.6 Å². The lowest BCUT2D eigenvalue weighted by atomic mass is 10.0. The first-order chi connectivity index (χ1) is 22.0. The van der Waals surface area contributed by atoms with Crippen LogP contribution in [0.5, 0.6) is 5.75 Å². The number of amides is 2. The van der Waals surface area contributed by atoms with Gasteiger partial charge < -0.3 is 20.1 Å². The number of benzene rings is 2. The van der Waals surface area contributed by atoms with Crippen LogP contribution in [0.3, 0.4) is 0 Å². The van der Waals surface area contributed by atoms with Gasteiger partial charge in [0.1, 0.15) is 11.3 Å². The Kier molecular flexibility index (Phi) is 8.47. The molecule has 0 bridgehead atoms. The van der Waals surface area contributed by atoms with Gasteiger partial charge in [-0.2, -0.15) is 18.3 Å². The molecule has 2 N–H and O–H groups in total. The monoisotopic (exact) mass is 636 g/mol. The summed E-state index contributed by atoms with van der Waals surface area (Å²) in [5.41, 5.74) is 0.620. The summed E-state index contributed by atoms with van der Waals surface area (Å²) in [5.74, 6) is 0.0498. The highest BCUT2D eigenvalue weighted by Crippen LogP contribution is 2.38. The molecule has 2 aliphatic rings. The number of hydrogen-bond acceptors (Lipinski definition) is 7. The Morgan fingerprint density at radius 1 is 1.11 bits per heavy atom. The topological polar surface area (TPSA) is 112 Å². The van der Waals surface area contributed by atoms with Crippen molar-refractivity contribution >= 4 is 23.1 Å². The van der Waals surface area contributed by atoms with Gasteiger partial charge in [-0.1, -0.05) is 18.2 Å². The van der Waals surface area contributed by atoms with Crippen LogP contribution in [0.15, 0.2) is 54.7 Å². The number of nitrogens with one attached hydrogen (secondary N) is 1. The summed E-state index contributed by atoms with van der Waals surface area (Å²) < 4.78 is 49.1. The minimum absolute atomic E-state index is 0.0213. The maximum atomic E-state index is 14.4. The molecular formula is C33H35F3N6O4. The van der Waals surface area contributed by atoms with E-state index in [-0.39, 0.29) is 53.5 Å². The first kappa shape index (κ1) is 31.5. The van der Waals surface area contributed by atoms with Gasteiger partial charge in [-0.05, 0) is 62.6 Å². The molecule has 4 aromatic rings. The minimum Gasteiger partial charge on any atom is -0.497 e. The van der Waals surface area contributed by atoms with E-state index in [1.54, 1.807) is 29.2 Å². The maximum absolute atomic E-state index is 14.4. The third kappa shape index (κ3) is 5.92. The smallest absolute Gasteiger partial charge is 0.433 e. The highest BCUT2D eigenvalue weighted by molar-refractivity contribution is 6.00. The van der Waals surface area contributed by atoms with Gasteiger partial charge >= 0.3 is 6.18 Å². The molecule has 1 unspecified atom stereocenters. The molecular weight excluding hydrogens is 601 g/mol. The Bertz CT molecular complexity index is 1770. The SMILES string of the molecule is COc1ccc(-c2nc3c(C(=O)N4CCN(C(CO)c5ccccc5NC(=O)C5CC5)C[C@H]4C)cnn3c(C(F)(F)F)c2C)cc1. The number of nitrogens with zero attached hydrogens (tertiary/aromatic N) is 5. The average molecular weight is 637 g/mol. The molecule has 0 spiro atoms. The van der Waals surface area contributed by atoms with Gasteiger partial charge in [0, 0.05) is 48.4 Å². The Hall–Kier alpha value is -4.49. The van der Waals surface area contributed by atoms with Crippen molar-refractivity contribution in [2.45, 2.75) is 44.9 Å². The summed E-state index contributed by atoms with van der Waals surface area (Å²) in [6, 6.07) is 13.1. The van der Waals surface area contributed by atoms with Crippen LogP contribution in [0.1, 0.15) is 53.0 Å². The van der Waals surface area contributed by atoms with Crippen LogP contribution in [0.4, 0.5) is 18.9 Å². The molecule has 1 aliphatic heterocycles. The number of anilines is 1. The summed E-state index contributed by atoms with van der Waals surface area (Å²) in [7, 11) is 1.50. The minimum atomic E-state index is -4.76. The predicted molar refractivity (Wildman–Crippen MR) is 164 cm³/mol. The third-order valence-electron chi connectivity index (χ3n) is 8.81. The summed E-state index contributed by atoms with van der Waals surface area (Å²) in [6.07, 6.45) is -1.88. The van der Waals surface area contributed by atoms with Crippen LogP contribution >= 0.6 is 0 Å². The van der Waals surface area contributed by atoms with E-state index in [0.717, 1.165) is 24.6 Å². The second kappa shape index (κ2) is 12.4. The molecule has 2 atom stereocenters. The molecule has 2 aromatic heterocycles. The normalized spacial score (nSPS) is 18.1. The van der Waals surface area contributed by atoms with E-state index in [1.165, 1.54) is 14.0 Å². The number of carbonyl (C=O) groups is 2. The zero-order chi connectivity index (χ0) is 32.7. The summed E-state index contributed by atoms with van der Waals surface area (Å²) in [6.45, 7) is 4.02. The van der Waals surface area contributed by atoms with Crippen molar-refractivity contribution in [3.63, 3.8) is 0 Å². The standard InChI is InChI=1S/C33H35F3N6O4/c1-19-17-40(27(18-43)24-6-4-5-7-26(24)38-31(44)22-8-9-22)14-15-41(19)32(45)25-16-37-42-29(33(34,35)36)20(2)28(39-30(25)42)21-10-12-23(46-3)13-11-21/h4-7,10-13,16,19,22,27,43H,8-9,14-15,17-18H2,1-3H3,(H,38,44)/t19-,27?/m1/s1. The van der Waals surface area contributed by atoms with Crippen molar-refractivity contribution in [3.8, 4) is 17.0 Å². The lowest BCUT2D eigenvalue weighted by molar-refractivity contribution is -0.143. The van der Waals surface area contributed by atoms with Crippen molar-refractivity contribution in [3.05, 3.63) is 77.1 Å². The molecule has 2 amide bonds. The Balaban J connectivity index is 1.28. The van der Waals surface area contributed by atoms with E-state index in [1.807, 2.05) is 31.2 Å². The van der Waals surface area contributed by atoms with Gasteiger partial charge in [-0.3, -0.25) is 14.5 Å². The van der Waals surface area contributed by atoms with Gasteiger partial charge in [0.25, 0.3) is 5.91 Å². The summed E-state index contributed by atoms with van der Waals surface area (Å²) in [4.78, 5) is 34.7. The fourth-order valence-corrected chi connectivity index (χ4v) is 6.21. The second-order valence-electron chi connectivity index (χ2n) is 11.8. The zero-order valence-corrected chi connectivity index (χ0v) is 25.7. The fourth-order valence-electron chi connectivity index (χ4n) is 6.21. The van der Waals surface area contributed by atoms with Crippen LogP contribution in [-0.2, 0) is 11.0 Å². The third-order valence-corrected chi connectivity index (χ3v) is 8.81. The molecule has 2 fully saturated rings. The van der Waals surface area contributed by atoms with E-state index < -0.39 is 23.8 Å². The van der Waals surface area contributed by atoms with Crippen LogP contribution in [-0.4, -0.2) is 80.7 Å². The average Bonchev–Trinajstić information content (AvgIpc) is 3.81. The number of aliphatic hydroxyl groups excluding tert-OH is 1.